The number of methoxy groups -OCH3 is 1. The largest absolute Gasteiger partial charge is 0.495 e. The predicted octanol–water partition coefficient (Wildman–Crippen LogP) is 6.52. The molecular weight excluding hydrogens is 666 g/mol. The van der Waals surface area contributed by atoms with E-state index in [1.54, 1.807) is 30.3 Å². The van der Waals surface area contributed by atoms with Gasteiger partial charge in [-0.2, -0.15) is 0 Å². The lowest BCUT2D eigenvalue weighted by atomic mass is 10.0. The van der Waals surface area contributed by atoms with E-state index in [1.165, 1.54) is 24.1 Å². The molecule has 0 unspecified atom stereocenters. The maximum absolute atomic E-state index is 14.7. The van der Waals surface area contributed by atoms with E-state index in [-0.39, 0.29) is 35.5 Å². The van der Waals surface area contributed by atoms with Crippen LogP contribution < -0.4 is 14.4 Å². The molecule has 4 aromatic carbocycles. The Bertz CT molecular complexity index is 1740. The van der Waals surface area contributed by atoms with Crippen molar-refractivity contribution in [1.29, 1.82) is 0 Å². The molecule has 0 radical (unpaired) electrons. The summed E-state index contributed by atoms with van der Waals surface area (Å²) in [4.78, 5) is 30.1. The molecule has 0 aliphatic heterocycles. The zero-order valence-electron chi connectivity index (χ0n) is 26.5. The highest BCUT2D eigenvalue weighted by atomic mass is 79.9. The Morgan fingerprint density at radius 3 is 2.17 bits per heavy atom. The number of carbonyl (C=O) groups excluding carboxylic acids is 2. The molecule has 1 N–H and O–H groups in total. The first-order valence-corrected chi connectivity index (χ1v) is 17.4. The molecule has 0 saturated carbocycles. The van der Waals surface area contributed by atoms with Crippen LogP contribution in [0.4, 0.5) is 5.69 Å². The third-order valence-electron chi connectivity index (χ3n) is 7.73. The van der Waals surface area contributed by atoms with Crippen LogP contribution in [0.2, 0.25) is 0 Å². The summed E-state index contributed by atoms with van der Waals surface area (Å²) in [6.07, 6.45) is 0.946. The molecule has 0 aromatic heterocycles. The minimum Gasteiger partial charge on any atom is -0.495 e. The first-order valence-electron chi connectivity index (χ1n) is 15.1. The average Bonchev–Trinajstić information content (AvgIpc) is 3.05. The summed E-state index contributed by atoms with van der Waals surface area (Å²) in [5, 5.41) is 3.06. The standard InChI is InChI=1S/C36H40BrN3O5S/c1-5-27(3)38-36(42)33(23-28-13-8-6-9-14-28)39(24-29-15-12-16-30(37)22-29)35(41)25-40(32-21-26(2)19-20-34(32)45-4)46(43,44)31-17-10-7-11-18-31/h6-22,27,33H,5,23-25H2,1-4H3,(H,38,42)/t27-,33-/m1/s1. The van der Waals surface area contributed by atoms with Gasteiger partial charge in [-0.25, -0.2) is 8.42 Å². The fourth-order valence-corrected chi connectivity index (χ4v) is 6.94. The molecule has 0 saturated heterocycles. The fourth-order valence-electron chi connectivity index (χ4n) is 5.06. The molecule has 2 atom stereocenters. The van der Waals surface area contributed by atoms with Crippen molar-refractivity contribution in [2.24, 2.45) is 0 Å². The van der Waals surface area contributed by atoms with E-state index < -0.39 is 28.5 Å². The van der Waals surface area contributed by atoms with Crippen LogP contribution >= 0.6 is 15.9 Å². The third kappa shape index (κ3) is 8.76. The lowest BCUT2D eigenvalue weighted by molar-refractivity contribution is -0.140. The van der Waals surface area contributed by atoms with Crippen LogP contribution in [-0.4, -0.2) is 50.9 Å². The van der Waals surface area contributed by atoms with Crippen molar-refractivity contribution in [2.45, 2.75) is 57.1 Å². The van der Waals surface area contributed by atoms with E-state index >= 15 is 0 Å². The van der Waals surface area contributed by atoms with Crippen LogP contribution in [0.5, 0.6) is 5.75 Å². The highest BCUT2D eigenvalue weighted by Crippen LogP contribution is 2.34. The van der Waals surface area contributed by atoms with Gasteiger partial charge in [0.15, 0.2) is 0 Å². The Kier molecular flexibility index (Phi) is 12.0. The summed E-state index contributed by atoms with van der Waals surface area (Å²) < 4.78 is 36.0. The maximum Gasteiger partial charge on any atom is 0.264 e. The molecule has 8 nitrogen and oxygen atoms in total. The molecular formula is C36H40BrN3O5S. The van der Waals surface area contributed by atoms with Crippen LogP contribution in [0.3, 0.4) is 0 Å². The SMILES string of the molecule is CC[C@@H](C)NC(=O)[C@@H](Cc1ccccc1)N(Cc1cccc(Br)c1)C(=O)CN(c1cc(C)ccc1OC)S(=O)(=O)c1ccccc1. The molecule has 2 amide bonds. The molecule has 0 spiro atoms. The number of nitrogens with one attached hydrogen (secondary N) is 1. The van der Waals surface area contributed by atoms with Gasteiger partial charge in [-0.05, 0) is 73.4 Å². The Labute approximate surface area is 280 Å². The maximum atomic E-state index is 14.7. The average molecular weight is 707 g/mol. The number of aryl methyl sites for hydroxylation is 1. The van der Waals surface area contributed by atoms with Gasteiger partial charge in [-0.1, -0.05) is 89.6 Å². The summed E-state index contributed by atoms with van der Waals surface area (Å²) in [6, 6.07) is 29.1. The van der Waals surface area contributed by atoms with Gasteiger partial charge in [0, 0.05) is 23.5 Å². The molecule has 4 aromatic rings. The van der Waals surface area contributed by atoms with Crippen molar-refractivity contribution in [3.63, 3.8) is 0 Å². The van der Waals surface area contributed by atoms with Crippen LogP contribution in [0.15, 0.2) is 112 Å². The summed E-state index contributed by atoms with van der Waals surface area (Å²) >= 11 is 3.51. The number of amides is 2. The van der Waals surface area contributed by atoms with Gasteiger partial charge < -0.3 is 15.0 Å². The first-order chi connectivity index (χ1) is 22.0. The molecule has 10 heteroatoms. The third-order valence-corrected chi connectivity index (χ3v) is 9.99. The summed E-state index contributed by atoms with van der Waals surface area (Å²) in [5.41, 5.74) is 2.67. The molecule has 0 heterocycles. The summed E-state index contributed by atoms with van der Waals surface area (Å²) in [5.74, 6) is -0.553. The number of benzene rings is 4. The number of hydrogen-bond acceptors (Lipinski definition) is 5. The van der Waals surface area contributed by atoms with Crippen molar-refractivity contribution < 1.29 is 22.7 Å². The number of halogens is 1. The monoisotopic (exact) mass is 705 g/mol. The lowest BCUT2D eigenvalue weighted by Gasteiger charge is -2.34. The van der Waals surface area contributed by atoms with Gasteiger partial charge in [0.05, 0.1) is 17.7 Å². The van der Waals surface area contributed by atoms with E-state index in [2.05, 4.69) is 21.2 Å². The molecule has 4 rings (SSSR count). The van der Waals surface area contributed by atoms with E-state index in [4.69, 9.17) is 4.74 Å². The van der Waals surface area contributed by atoms with Crippen LogP contribution in [0, 0.1) is 6.92 Å². The number of rotatable bonds is 14. The number of nitrogens with zero attached hydrogens (tertiary/aromatic N) is 2. The van der Waals surface area contributed by atoms with Gasteiger partial charge in [0.1, 0.15) is 18.3 Å². The number of ether oxygens (including phenoxy) is 1. The predicted molar refractivity (Wildman–Crippen MR) is 185 cm³/mol. The molecule has 0 fully saturated rings. The zero-order valence-corrected chi connectivity index (χ0v) is 28.9. The van der Waals surface area contributed by atoms with Crippen molar-refractivity contribution in [3.8, 4) is 5.75 Å². The lowest BCUT2D eigenvalue weighted by Crippen LogP contribution is -2.54. The molecule has 0 aliphatic carbocycles. The van der Waals surface area contributed by atoms with Crippen LogP contribution in [0.25, 0.3) is 0 Å². The number of sulfonamides is 1. The second kappa shape index (κ2) is 15.9. The summed E-state index contributed by atoms with van der Waals surface area (Å²) in [7, 11) is -2.79. The molecule has 0 bridgehead atoms. The van der Waals surface area contributed by atoms with Crippen molar-refractivity contribution >= 4 is 43.5 Å². The van der Waals surface area contributed by atoms with Crippen molar-refractivity contribution in [1.82, 2.24) is 10.2 Å². The minimum absolute atomic E-state index is 0.0280. The molecule has 0 aliphatic rings. The van der Waals surface area contributed by atoms with E-state index in [1.807, 2.05) is 81.4 Å². The van der Waals surface area contributed by atoms with Gasteiger partial charge in [0.25, 0.3) is 10.0 Å². The highest BCUT2D eigenvalue weighted by molar-refractivity contribution is 9.10. The fraction of sp³-hybridized carbons (Fsp3) is 0.278. The Balaban J connectivity index is 1.85. The normalized spacial score (nSPS) is 12.5. The number of hydrogen-bond donors (Lipinski definition) is 1. The van der Waals surface area contributed by atoms with Gasteiger partial charge in [-0.3, -0.25) is 13.9 Å². The number of anilines is 1. The topological polar surface area (TPSA) is 96.0 Å². The quantitative estimate of drug-likeness (QED) is 0.161. The van der Waals surface area contributed by atoms with Crippen molar-refractivity contribution in [2.75, 3.05) is 18.0 Å². The van der Waals surface area contributed by atoms with E-state index in [0.717, 1.165) is 25.5 Å². The Morgan fingerprint density at radius 2 is 1.54 bits per heavy atom. The highest BCUT2D eigenvalue weighted by Gasteiger charge is 2.36. The van der Waals surface area contributed by atoms with Gasteiger partial charge in [0.2, 0.25) is 11.8 Å². The number of carbonyl (C=O) groups is 2. The molecule has 46 heavy (non-hydrogen) atoms. The van der Waals surface area contributed by atoms with E-state index in [9.17, 15) is 18.0 Å². The molecule has 242 valence electrons. The zero-order chi connectivity index (χ0) is 33.3. The Morgan fingerprint density at radius 1 is 0.891 bits per heavy atom. The minimum atomic E-state index is -4.24. The van der Waals surface area contributed by atoms with Gasteiger partial charge in [-0.15, -0.1) is 0 Å². The smallest absolute Gasteiger partial charge is 0.264 e. The van der Waals surface area contributed by atoms with E-state index in [0.29, 0.717) is 12.2 Å². The van der Waals surface area contributed by atoms with Crippen molar-refractivity contribution in [3.05, 3.63) is 124 Å². The second-order valence-corrected chi connectivity index (χ2v) is 14.0. The van der Waals surface area contributed by atoms with Gasteiger partial charge >= 0.3 is 0 Å². The second-order valence-electron chi connectivity index (χ2n) is 11.2. The Hall–Kier alpha value is -4.15. The van der Waals surface area contributed by atoms with Crippen LogP contribution in [-0.2, 0) is 32.6 Å². The first kappa shape index (κ1) is 34.7. The van der Waals surface area contributed by atoms with Crippen LogP contribution in [0.1, 0.15) is 37.0 Å². The summed E-state index contributed by atoms with van der Waals surface area (Å²) in [6.45, 7) is 5.24.